The van der Waals surface area contributed by atoms with Crippen LogP contribution in [-0.2, 0) is 9.53 Å². The summed E-state index contributed by atoms with van der Waals surface area (Å²) in [6, 6.07) is 0. The molecule has 0 aromatic carbocycles. The van der Waals surface area contributed by atoms with E-state index >= 15 is 0 Å². The lowest BCUT2D eigenvalue weighted by molar-refractivity contribution is -0.143. The summed E-state index contributed by atoms with van der Waals surface area (Å²) >= 11 is 0. The van der Waals surface area contributed by atoms with E-state index in [1.54, 1.807) is 18.9 Å². The molecule has 2 N–H and O–H groups in total. The standard InChI is InChI=1S/C12H22N6O2/c1-5-20-9(19)7-6-8-14-11-15-10(13-2)16-12(17-11)18(3)4/h5-8H2,1-4H3,(H2,13,14,15,16,17). The van der Waals surface area contributed by atoms with Crippen molar-refractivity contribution in [2.24, 2.45) is 0 Å². The average molecular weight is 282 g/mol. The van der Waals surface area contributed by atoms with Crippen molar-refractivity contribution in [3.8, 4) is 0 Å². The van der Waals surface area contributed by atoms with E-state index in [4.69, 9.17) is 4.74 Å². The van der Waals surface area contributed by atoms with Gasteiger partial charge in [-0.1, -0.05) is 0 Å². The van der Waals surface area contributed by atoms with Gasteiger partial charge in [0.05, 0.1) is 6.61 Å². The van der Waals surface area contributed by atoms with E-state index in [9.17, 15) is 4.79 Å². The lowest BCUT2D eigenvalue weighted by Crippen LogP contribution is -2.17. The van der Waals surface area contributed by atoms with Gasteiger partial charge in [0.15, 0.2) is 0 Å². The van der Waals surface area contributed by atoms with Crippen LogP contribution in [0.2, 0.25) is 0 Å². The molecular formula is C12H22N6O2. The van der Waals surface area contributed by atoms with Crippen molar-refractivity contribution in [2.75, 3.05) is 49.8 Å². The third-order valence-corrected chi connectivity index (χ3v) is 2.39. The van der Waals surface area contributed by atoms with Crippen LogP contribution in [0.25, 0.3) is 0 Å². The Kier molecular flexibility index (Phi) is 6.48. The Morgan fingerprint density at radius 2 is 1.95 bits per heavy atom. The van der Waals surface area contributed by atoms with Gasteiger partial charge in [-0.25, -0.2) is 0 Å². The highest BCUT2D eigenvalue weighted by molar-refractivity contribution is 5.69. The van der Waals surface area contributed by atoms with Gasteiger partial charge < -0.3 is 20.3 Å². The molecule has 20 heavy (non-hydrogen) atoms. The summed E-state index contributed by atoms with van der Waals surface area (Å²) in [5, 5.41) is 5.96. The molecule has 0 amide bonds. The number of esters is 1. The van der Waals surface area contributed by atoms with Crippen LogP contribution in [0.5, 0.6) is 0 Å². The van der Waals surface area contributed by atoms with E-state index in [1.807, 2.05) is 14.1 Å². The van der Waals surface area contributed by atoms with Crippen molar-refractivity contribution >= 4 is 23.8 Å². The minimum atomic E-state index is -0.185. The van der Waals surface area contributed by atoms with E-state index in [2.05, 4.69) is 25.6 Å². The minimum Gasteiger partial charge on any atom is -0.466 e. The molecule has 0 radical (unpaired) electrons. The van der Waals surface area contributed by atoms with Crippen LogP contribution < -0.4 is 15.5 Å². The Bertz CT molecular complexity index is 438. The molecule has 8 heteroatoms. The summed E-state index contributed by atoms with van der Waals surface area (Å²) in [4.78, 5) is 25.7. The molecular weight excluding hydrogens is 260 g/mol. The van der Waals surface area contributed by atoms with E-state index in [1.165, 1.54) is 0 Å². The topological polar surface area (TPSA) is 92.3 Å². The van der Waals surface area contributed by atoms with Gasteiger partial charge in [0.1, 0.15) is 0 Å². The Balaban J connectivity index is 2.50. The number of carbonyl (C=O) groups is 1. The number of nitrogens with zero attached hydrogens (tertiary/aromatic N) is 4. The van der Waals surface area contributed by atoms with Gasteiger partial charge in [0.25, 0.3) is 0 Å². The number of hydrogen-bond donors (Lipinski definition) is 2. The Labute approximate surface area is 119 Å². The zero-order valence-corrected chi connectivity index (χ0v) is 12.4. The van der Waals surface area contributed by atoms with Crippen molar-refractivity contribution in [3.63, 3.8) is 0 Å². The lowest BCUT2D eigenvalue weighted by atomic mass is 10.3. The average Bonchev–Trinajstić information content (AvgIpc) is 2.43. The quantitative estimate of drug-likeness (QED) is 0.532. The fraction of sp³-hybridized carbons (Fsp3) is 0.667. The molecule has 8 nitrogen and oxygen atoms in total. The Morgan fingerprint density at radius 1 is 1.25 bits per heavy atom. The number of carbonyl (C=O) groups excluding carboxylic acids is 1. The van der Waals surface area contributed by atoms with E-state index in [-0.39, 0.29) is 5.97 Å². The van der Waals surface area contributed by atoms with Crippen LogP contribution in [0.3, 0.4) is 0 Å². The van der Waals surface area contributed by atoms with Crippen molar-refractivity contribution < 1.29 is 9.53 Å². The molecule has 0 fully saturated rings. The molecule has 0 spiro atoms. The van der Waals surface area contributed by atoms with Gasteiger partial charge in [-0.3, -0.25) is 4.79 Å². The fourth-order valence-corrected chi connectivity index (χ4v) is 1.42. The van der Waals surface area contributed by atoms with Gasteiger partial charge in [0, 0.05) is 34.1 Å². The second-order valence-electron chi connectivity index (χ2n) is 4.26. The highest BCUT2D eigenvalue weighted by atomic mass is 16.5. The largest absolute Gasteiger partial charge is 0.466 e. The molecule has 0 aliphatic heterocycles. The summed E-state index contributed by atoms with van der Waals surface area (Å²) < 4.78 is 4.86. The predicted octanol–water partition coefficient (Wildman–Crippen LogP) is 0.734. The summed E-state index contributed by atoms with van der Waals surface area (Å²) in [6.07, 6.45) is 1.04. The molecule has 0 atom stereocenters. The van der Waals surface area contributed by atoms with Gasteiger partial charge in [-0.05, 0) is 13.3 Å². The molecule has 0 bridgehead atoms. The summed E-state index contributed by atoms with van der Waals surface area (Å²) in [5.74, 6) is 1.36. The zero-order valence-electron chi connectivity index (χ0n) is 12.4. The SMILES string of the molecule is CCOC(=O)CCCNc1nc(NC)nc(N(C)C)n1. The number of nitrogens with one attached hydrogen (secondary N) is 2. The highest BCUT2D eigenvalue weighted by Crippen LogP contribution is 2.10. The van der Waals surface area contributed by atoms with Crippen LogP contribution >= 0.6 is 0 Å². The molecule has 0 aliphatic carbocycles. The van der Waals surface area contributed by atoms with Gasteiger partial charge in [-0.15, -0.1) is 0 Å². The first-order valence-electron chi connectivity index (χ1n) is 6.57. The molecule has 112 valence electrons. The molecule has 1 heterocycles. The molecule has 0 saturated heterocycles. The first kappa shape index (κ1) is 15.9. The molecule has 0 saturated carbocycles. The smallest absolute Gasteiger partial charge is 0.305 e. The second-order valence-corrected chi connectivity index (χ2v) is 4.26. The van der Waals surface area contributed by atoms with Crippen LogP contribution in [0.1, 0.15) is 19.8 Å². The van der Waals surface area contributed by atoms with E-state index in [0.29, 0.717) is 43.8 Å². The number of aromatic nitrogens is 3. The van der Waals surface area contributed by atoms with Crippen LogP contribution in [-0.4, -0.2) is 55.2 Å². The third kappa shape index (κ3) is 5.25. The maximum atomic E-state index is 11.2. The third-order valence-electron chi connectivity index (χ3n) is 2.39. The maximum Gasteiger partial charge on any atom is 0.305 e. The zero-order chi connectivity index (χ0) is 15.0. The van der Waals surface area contributed by atoms with Crippen molar-refractivity contribution in [1.29, 1.82) is 0 Å². The van der Waals surface area contributed by atoms with Gasteiger partial charge in [0.2, 0.25) is 17.8 Å². The van der Waals surface area contributed by atoms with Gasteiger partial charge in [-0.2, -0.15) is 15.0 Å². The number of rotatable bonds is 8. The molecule has 0 aliphatic rings. The molecule has 1 aromatic rings. The Morgan fingerprint density at radius 3 is 2.55 bits per heavy atom. The summed E-state index contributed by atoms with van der Waals surface area (Å²) in [6.45, 7) is 2.80. The van der Waals surface area contributed by atoms with Gasteiger partial charge >= 0.3 is 5.97 Å². The van der Waals surface area contributed by atoms with Crippen LogP contribution in [0, 0.1) is 0 Å². The molecule has 1 rings (SSSR count). The maximum absolute atomic E-state index is 11.2. The van der Waals surface area contributed by atoms with Crippen molar-refractivity contribution in [3.05, 3.63) is 0 Å². The molecule has 0 unspecified atom stereocenters. The van der Waals surface area contributed by atoms with Crippen molar-refractivity contribution in [1.82, 2.24) is 15.0 Å². The minimum absolute atomic E-state index is 0.185. The van der Waals surface area contributed by atoms with E-state index in [0.717, 1.165) is 0 Å². The van der Waals surface area contributed by atoms with E-state index < -0.39 is 0 Å². The normalized spacial score (nSPS) is 10.0. The first-order valence-corrected chi connectivity index (χ1v) is 6.57. The van der Waals surface area contributed by atoms with Crippen molar-refractivity contribution in [2.45, 2.75) is 19.8 Å². The van der Waals surface area contributed by atoms with Crippen LogP contribution in [0.15, 0.2) is 0 Å². The predicted molar refractivity (Wildman–Crippen MR) is 78.1 cm³/mol. The Hall–Kier alpha value is -2.12. The number of hydrogen-bond acceptors (Lipinski definition) is 8. The number of anilines is 3. The fourth-order valence-electron chi connectivity index (χ4n) is 1.42. The summed E-state index contributed by atoms with van der Waals surface area (Å²) in [5.41, 5.74) is 0. The second kappa shape index (κ2) is 8.13. The summed E-state index contributed by atoms with van der Waals surface area (Å²) in [7, 11) is 5.47. The monoisotopic (exact) mass is 282 g/mol. The molecule has 1 aromatic heterocycles. The lowest BCUT2D eigenvalue weighted by Gasteiger charge is -2.13. The first-order chi connectivity index (χ1) is 9.56. The van der Waals surface area contributed by atoms with Crippen LogP contribution in [0.4, 0.5) is 17.8 Å². The number of ether oxygens (including phenoxy) is 1. The highest BCUT2D eigenvalue weighted by Gasteiger charge is 2.07.